The Bertz CT molecular complexity index is 795. The summed E-state index contributed by atoms with van der Waals surface area (Å²) in [5, 5.41) is 4.66. The Hall–Kier alpha value is -2.61. The molecule has 4 nitrogen and oxygen atoms in total. The summed E-state index contributed by atoms with van der Waals surface area (Å²) < 4.78 is 41.0. The average molecular weight is 337 g/mol. The number of benzene rings is 2. The molecule has 8 heteroatoms. The lowest BCUT2D eigenvalue weighted by Gasteiger charge is -2.08. The molecule has 0 aliphatic rings. The summed E-state index contributed by atoms with van der Waals surface area (Å²) in [6, 6.07) is 13.1. The van der Waals surface area contributed by atoms with Gasteiger partial charge in [0.05, 0.1) is 16.4 Å². The van der Waals surface area contributed by atoms with Crippen molar-refractivity contribution in [2.75, 3.05) is 5.43 Å². The highest BCUT2D eigenvalue weighted by molar-refractivity contribution is 7.22. The minimum absolute atomic E-state index is 0.270. The summed E-state index contributed by atoms with van der Waals surface area (Å²) in [4.78, 5) is 4.35. The number of aromatic nitrogens is 1. The van der Waals surface area contributed by atoms with Crippen LogP contribution in [0.25, 0.3) is 10.2 Å². The standard InChI is InChI=1S/C15H10F3N3OS/c16-15(17,18)22-11-7-5-10(6-8-11)9-19-21-14-20-12-3-1-2-4-13(12)23-14/h1-9H,(H,20,21)/b19-9+. The first-order valence-electron chi connectivity index (χ1n) is 6.50. The van der Waals surface area contributed by atoms with Gasteiger partial charge < -0.3 is 4.74 Å². The number of ether oxygens (including phenoxy) is 1. The summed E-state index contributed by atoms with van der Waals surface area (Å²) in [5.41, 5.74) is 4.31. The smallest absolute Gasteiger partial charge is 0.406 e. The number of alkyl halides is 3. The zero-order valence-electron chi connectivity index (χ0n) is 11.5. The van der Waals surface area contributed by atoms with Crippen molar-refractivity contribution >= 4 is 32.9 Å². The van der Waals surface area contributed by atoms with Crippen LogP contribution < -0.4 is 10.2 Å². The number of para-hydroxylation sites is 1. The molecule has 1 aromatic heterocycles. The molecule has 23 heavy (non-hydrogen) atoms. The van der Waals surface area contributed by atoms with E-state index in [1.54, 1.807) is 0 Å². The van der Waals surface area contributed by atoms with Crippen molar-refractivity contribution in [1.82, 2.24) is 4.98 Å². The number of halogens is 3. The molecule has 1 heterocycles. The van der Waals surface area contributed by atoms with Crippen LogP contribution in [0.5, 0.6) is 5.75 Å². The highest BCUT2D eigenvalue weighted by Gasteiger charge is 2.30. The minimum atomic E-state index is -4.69. The van der Waals surface area contributed by atoms with Crippen LogP contribution in [0.1, 0.15) is 5.56 Å². The van der Waals surface area contributed by atoms with Crippen LogP contribution in [-0.2, 0) is 0 Å². The molecule has 118 valence electrons. The third kappa shape index (κ3) is 4.19. The van der Waals surface area contributed by atoms with Gasteiger partial charge in [-0.15, -0.1) is 13.2 Å². The van der Waals surface area contributed by atoms with Gasteiger partial charge in [0.25, 0.3) is 0 Å². The molecule has 0 aliphatic heterocycles. The van der Waals surface area contributed by atoms with E-state index in [2.05, 4.69) is 20.2 Å². The molecule has 0 unspecified atom stereocenters. The molecule has 0 saturated carbocycles. The summed E-state index contributed by atoms with van der Waals surface area (Å²) >= 11 is 1.46. The second-order valence-electron chi connectivity index (χ2n) is 4.47. The molecule has 0 atom stereocenters. The van der Waals surface area contributed by atoms with Gasteiger partial charge in [0.1, 0.15) is 5.75 Å². The molecule has 0 spiro atoms. The van der Waals surface area contributed by atoms with Crippen molar-refractivity contribution in [3.8, 4) is 5.75 Å². The summed E-state index contributed by atoms with van der Waals surface area (Å²) in [7, 11) is 0. The van der Waals surface area contributed by atoms with Gasteiger partial charge >= 0.3 is 6.36 Å². The van der Waals surface area contributed by atoms with Crippen molar-refractivity contribution in [2.24, 2.45) is 5.10 Å². The van der Waals surface area contributed by atoms with E-state index in [9.17, 15) is 13.2 Å². The topological polar surface area (TPSA) is 46.5 Å². The first kappa shape index (κ1) is 15.3. The van der Waals surface area contributed by atoms with Gasteiger partial charge in [-0.1, -0.05) is 23.5 Å². The minimum Gasteiger partial charge on any atom is -0.406 e. The molecule has 0 bridgehead atoms. The molecule has 3 rings (SSSR count). The number of rotatable bonds is 4. The Balaban J connectivity index is 1.63. The Morgan fingerprint density at radius 2 is 1.83 bits per heavy atom. The van der Waals surface area contributed by atoms with Gasteiger partial charge in [-0.25, -0.2) is 4.98 Å². The molecule has 0 saturated heterocycles. The second-order valence-corrected chi connectivity index (χ2v) is 5.50. The zero-order chi connectivity index (χ0) is 16.3. The third-order valence-electron chi connectivity index (χ3n) is 2.78. The molecule has 0 fully saturated rings. The first-order valence-corrected chi connectivity index (χ1v) is 7.32. The van der Waals surface area contributed by atoms with E-state index in [0.717, 1.165) is 10.2 Å². The molecule has 3 aromatic rings. The summed E-state index contributed by atoms with van der Waals surface area (Å²) in [6.07, 6.45) is -3.20. The van der Waals surface area contributed by atoms with E-state index in [1.165, 1.54) is 41.8 Å². The average Bonchev–Trinajstić information content (AvgIpc) is 2.90. The molecular formula is C15H10F3N3OS. The number of hydrogen-bond donors (Lipinski definition) is 1. The lowest BCUT2D eigenvalue weighted by molar-refractivity contribution is -0.274. The number of hydrogen-bond acceptors (Lipinski definition) is 5. The van der Waals surface area contributed by atoms with Gasteiger partial charge in [0.15, 0.2) is 0 Å². The second kappa shape index (κ2) is 6.25. The number of fused-ring (bicyclic) bond motifs is 1. The van der Waals surface area contributed by atoms with Crippen LogP contribution in [-0.4, -0.2) is 17.6 Å². The van der Waals surface area contributed by atoms with Crippen molar-refractivity contribution in [1.29, 1.82) is 0 Å². The van der Waals surface area contributed by atoms with Crippen LogP contribution >= 0.6 is 11.3 Å². The maximum atomic E-state index is 12.1. The Kier molecular flexibility index (Phi) is 4.16. The number of nitrogens with zero attached hydrogens (tertiary/aromatic N) is 2. The van der Waals surface area contributed by atoms with Crippen LogP contribution in [0, 0.1) is 0 Å². The molecular weight excluding hydrogens is 327 g/mol. The fraction of sp³-hybridized carbons (Fsp3) is 0.0667. The van der Waals surface area contributed by atoms with E-state index in [-0.39, 0.29) is 5.75 Å². The van der Waals surface area contributed by atoms with E-state index >= 15 is 0 Å². The third-order valence-corrected chi connectivity index (χ3v) is 3.72. The quantitative estimate of drug-likeness (QED) is 0.557. The van der Waals surface area contributed by atoms with Gasteiger partial charge in [-0.05, 0) is 42.0 Å². The number of thiazole rings is 1. The Morgan fingerprint density at radius 3 is 2.52 bits per heavy atom. The number of anilines is 1. The first-order chi connectivity index (χ1) is 11.0. The van der Waals surface area contributed by atoms with Crippen LogP contribution in [0.4, 0.5) is 18.3 Å². The zero-order valence-corrected chi connectivity index (χ0v) is 12.4. The van der Waals surface area contributed by atoms with Gasteiger partial charge in [-0.3, -0.25) is 5.43 Å². The highest BCUT2D eigenvalue weighted by Crippen LogP contribution is 2.25. The fourth-order valence-corrected chi connectivity index (χ4v) is 2.65. The maximum absolute atomic E-state index is 12.1. The fourth-order valence-electron chi connectivity index (χ4n) is 1.84. The summed E-state index contributed by atoms with van der Waals surface area (Å²) in [5.74, 6) is -0.270. The van der Waals surface area contributed by atoms with Crippen LogP contribution in [0.3, 0.4) is 0 Å². The van der Waals surface area contributed by atoms with Crippen molar-refractivity contribution < 1.29 is 17.9 Å². The SMILES string of the molecule is FC(F)(F)Oc1ccc(/C=N/Nc2nc3ccccc3s2)cc1. The van der Waals surface area contributed by atoms with Crippen LogP contribution in [0.2, 0.25) is 0 Å². The molecule has 0 aliphatic carbocycles. The number of nitrogens with one attached hydrogen (secondary N) is 1. The monoisotopic (exact) mass is 337 g/mol. The maximum Gasteiger partial charge on any atom is 0.573 e. The van der Waals surface area contributed by atoms with E-state index < -0.39 is 6.36 Å². The molecule has 0 radical (unpaired) electrons. The van der Waals surface area contributed by atoms with E-state index in [1.807, 2.05) is 24.3 Å². The Labute approximate surface area is 133 Å². The predicted molar refractivity (Wildman–Crippen MR) is 84.0 cm³/mol. The van der Waals surface area contributed by atoms with Crippen molar-refractivity contribution in [3.63, 3.8) is 0 Å². The Morgan fingerprint density at radius 1 is 1.09 bits per heavy atom. The van der Waals surface area contributed by atoms with E-state index in [4.69, 9.17) is 0 Å². The molecule has 0 amide bonds. The lowest BCUT2D eigenvalue weighted by atomic mass is 10.2. The van der Waals surface area contributed by atoms with E-state index in [0.29, 0.717) is 10.7 Å². The van der Waals surface area contributed by atoms with Gasteiger partial charge in [0, 0.05) is 0 Å². The van der Waals surface area contributed by atoms with Crippen LogP contribution in [0.15, 0.2) is 53.6 Å². The predicted octanol–water partition coefficient (Wildman–Crippen LogP) is 4.64. The van der Waals surface area contributed by atoms with Crippen molar-refractivity contribution in [3.05, 3.63) is 54.1 Å². The highest BCUT2D eigenvalue weighted by atomic mass is 32.1. The normalized spacial score (nSPS) is 12.0. The largest absolute Gasteiger partial charge is 0.573 e. The lowest BCUT2D eigenvalue weighted by Crippen LogP contribution is -2.17. The number of hydrazone groups is 1. The molecule has 2 aromatic carbocycles. The van der Waals surface area contributed by atoms with Gasteiger partial charge in [0.2, 0.25) is 5.13 Å². The summed E-state index contributed by atoms with van der Waals surface area (Å²) in [6.45, 7) is 0. The molecule has 1 N–H and O–H groups in total. The van der Waals surface area contributed by atoms with Gasteiger partial charge in [-0.2, -0.15) is 5.10 Å². The van der Waals surface area contributed by atoms with Crippen molar-refractivity contribution in [2.45, 2.75) is 6.36 Å².